The van der Waals surface area contributed by atoms with Gasteiger partial charge in [0.25, 0.3) is 11.8 Å². The van der Waals surface area contributed by atoms with Crippen molar-refractivity contribution in [3.63, 3.8) is 0 Å². The van der Waals surface area contributed by atoms with E-state index >= 15 is 0 Å². The fourth-order valence-corrected chi connectivity index (χ4v) is 3.13. The summed E-state index contributed by atoms with van der Waals surface area (Å²) in [4.78, 5) is 24.7. The van der Waals surface area contributed by atoms with Gasteiger partial charge in [0.2, 0.25) is 0 Å². The van der Waals surface area contributed by atoms with Crippen molar-refractivity contribution in [3.8, 4) is 0 Å². The summed E-state index contributed by atoms with van der Waals surface area (Å²) in [6.45, 7) is 0. The van der Waals surface area contributed by atoms with Gasteiger partial charge in [-0.25, -0.2) is 4.39 Å². The van der Waals surface area contributed by atoms with Crippen molar-refractivity contribution in [1.82, 2.24) is 0 Å². The topological polar surface area (TPSA) is 58.2 Å². The number of hydrogen-bond acceptors (Lipinski definition) is 3. The Morgan fingerprint density at radius 1 is 0.960 bits per heavy atom. The molecule has 1 aromatic heterocycles. The van der Waals surface area contributed by atoms with E-state index in [0.717, 1.165) is 0 Å². The molecule has 0 radical (unpaired) electrons. The summed E-state index contributed by atoms with van der Waals surface area (Å²) >= 11 is 4.57. The molecule has 2 aromatic carbocycles. The molecule has 1 heterocycles. The Kier molecular flexibility index (Phi) is 5.25. The van der Waals surface area contributed by atoms with Gasteiger partial charge >= 0.3 is 0 Å². The largest absolute Gasteiger partial charge is 0.321 e. The monoisotopic (exact) mass is 418 g/mol. The van der Waals surface area contributed by atoms with Gasteiger partial charge in [-0.2, -0.15) is 11.3 Å². The number of thiophene rings is 1. The van der Waals surface area contributed by atoms with Crippen LogP contribution in [0.2, 0.25) is 0 Å². The summed E-state index contributed by atoms with van der Waals surface area (Å²) in [5, 5.41) is 8.74. The number of para-hydroxylation sites is 1. The van der Waals surface area contributed by atoms with E-state index in [2.05, 4.69) is 26.6 Å². The Hall–Kier alpha value is -2.51. The maximum atomic E-state index is 13.9. The van der Waals surface area contributed by atoms with E-state index in [1.807, 2.05) is 0 Å². The SMILES string of the molecule is O=C(Nc1ccccc1C(=O)Nc1ccc(Br)cc1F)c1ccsc1. The molecule has 0 aliphatic rings. The van der Waals surface area contributed by atoms with Crippen molar-refractivity contribution < 1.29 is 14.0 Å². The van der Waals surface area contributed by atoms with Crippen LogP contribution in [0.5, 0.6) is 0 Å². The van der Waals surface area contributed by atoms with Gasteiger partial charge in [0.05, 0.1) is 22.5 Å². The second-order valence-electron chi connectivity index (χ2n) is 5.09. The third-order valence-corrected chi connectivity index (χ3v) is 4.56. The van der Waals surface area contributed by atoms with Crippen LogP contribution in [0.15, 0.2) is 63.8 Å². The highest BCUT2D eigenvalue weighted by molar-refractivity contribution is 9.10. The fraction of sp³-hybridized carbons (Fsp3) is 0. The van der Waals surface area contributed by atoms with Gasteiger partial charge in [-0.05, 0) is 41.8 Å². The number of carbonyl (C=O) groups excluding carboxylic acids is 2. The van der Waals surface area contributed by atoms with Gasteiger partial charge in [-0.1, -0.05) is 28.1 Å². The van der Waals surface area contributed by atoms with Gasteiger partial charge < -0.3 is 10.6 Å². The highest BCUT2D eigenvalue weighted by Gasteiger charge is 2.15. The molecule has 2 N–H and O–H groups in total. The Morgan fingerprint density at radius 3 is 2.44 bits per heavy atom. The fourth-order valence-electron chi connectivity index (χ4n) is 2.16. The predicted octanol–water partition coefficient (Wildman–Crippen LogP) is 5.15. The summed E-state index contributed by atoms with van der Waals surface area (Å²) in [6.07, 6.45) is 0. The minimum Gasteiger partial charge on any atom is -0.321 e. The van der Waals surface area contributed by atoms with Gasteiger partial charge in [0, 0.05) is 9.85 Å². The molecular weight excluding hydrogens is 407 g/mol. The number of hydrogen-bond donors (Lipinski definition) is 2. The van der Waals surface area contributed by atoms with Crippen LogP contribution in [0.1, 0.15) is 20.7 Å². The first kappa shape index (κ1) is 17.3. The number of rotatable bonds is 4. The molecule has 0 unspecified atom stereocenters. The minimum atomic E-state index is -0.553. The van der Waals surface area contributed by atoms with E-state index in [1.54, 1.807) is 47.2 Å². The van der Waals surface area contributed by atoms with E-state index in [4.69, 9.17) is 0 Å². The molecule has 0 bridgehead atoms. The molecule has 0 saturated heterocycles. The van der Waals surface area contributed by atoms with Crippen LogP contribution in [-0.4, -0.2) is 11.8 Å². The Morgan fingerprint density at radius 2 is 1.72 bits per heavy atom. The number of amides is 2. The highest BCUT2D eigenvalue weighted by Crippen LogP contribution is 2.22. The van der Waals surface area contributed by atoms with Gasteiger partial charge in [-0.3, -0.25) is 9.59 Å². The zero-order valence-electron chi connectivity index (χ0n) is 12.8. The van der Waals surface area contributed by atoms with Crippen LogP contribution in [0, 0.1) is 5.82 Å². The lowest BCUT2D eigenvalue weighted by Gasteiger charge is -2.11. The summed E-state index contributed by atoms with van der Waals surface area (Å²) < 4.78 is 14.5. The molecular formula is C18H12BrFN2O2S. The van der Waals surface area contributed by atoms with Gasteiger partial charge in [-0.15, -0.1) is 0 Å². The molecule has 4 nitrogen and oxygen atoms in total. The number of benzene rings is 2. The van der Waals surface area contributed by atoms with Gasteiger partial charge in [0.1, 0.15) is 5.82 Å². The first-order chi connectivity index (χ1) is 12.0. The summed E-state index contributed by atoms with van der Waals surface area (Å²) in [5.74, 6) is -1.37. The predicted molar refractivity (Wildman–Crippen MR) is 101 cm³/mol. The van der Waals surface area contributed by atoms with E-state index in [9.17, 15) is 14.0 Å². The molecule has 3 aromatic rings. The Bertz CT molecular complexity index is 929. The Labute approximate surface area is 155 Å². The number of anilines is 2. The number of halogens is 2. The lowest BCUT2D eigenvalue weighted by molar-refractivity contribution is 0.102. The van der Waals surface area contributed by atoms with Crippen LogP contribution >= 0.6 is 27.3 Å². The van der Waals surface area contributed by atoms with E-state index < -0.39 is 11.7 Å². The molecule has 2 amide bonds. The zero-order valence-corrected chi connectivity index (χ0v) is 15.2. The minimum absolute atomic E-state index is 0.0622. The van der Waals surface area contributed by atoms with Crippen molar-refractivity contribution >= 4 is 50.5 Å². The summed E-state index contributed by atoms with van der Waals surface area (Å²) in [5.41, 5.74) is 1.17. The average Bonchev–Trinajstić information content (AvgIpc) is 3.12. The van der Waals surface area contributed by atoms with E-state index in [-0.39, 0.29) is 17.2 Å². The van der Waals surface area contributed by atoms with Crippen molar-refractivity contribution in [2.45, 2.75) is 0 Å². The van der Waals surface area contributed by atoms with Crippen LogP contribution in [-0.2, 0) is 0 Å². The molecule has 25 heavy (non-hydrogen) atoms. The van der Waals surface area contributed by atoms with Crippen molar-refractivity contribution in [1.29, 1.82) is 0 Å². The molecule has 0 spiro atoms. The second-order valence-corrected chi connectivity index (χ2v) is 6.79. The standard InChI is InChI=1S/C18H12BrFN2O2S/c19-12-5-6-16(14(20)9-12)22-18(24)13-3-1-2-4-15(13)21-17(23)11-7-8-25-10-11/h1-10H,(H,21,23)(H,22,24). The first-order valence-electron chi connectivity index (χ1n) is 7.23. The molecule has 0 aliphatic carbocycles. The second kappa shape index (κ2) is 7.58. The lowest BCUT2D eigenvalue weighted by Crippen LogP contribution is -2.18. The number of carbonyl (C=O) groups is 2. The normalized spacial score (nSPS) is 10.3. The molecule has 0 fully saturated rings. The van der Waals surface area contributed by atoms with Gasteiger partial charge in [0.15, 0.2) is 0 Å². The van der Waals surface area contributed by atoms with Crippen molar-refractivity contribution in [3.05, 3.63) is 80.7 Å². The smallest absolute Gasteiger partial charge is 0.257 e. The van der Waals surface area contributed by atoms with Crippen LogP contribution in [0.4, 0.5) is 15.8 Å². The highest BCUT2D eigenvalue weighted by atomic mass is 79.9. The van der Waals surface area contributed by atoms with Crippen molar-refractivity contribution in [2.75, 3.05) is 10.6 Å². The first-order valence-corrected chi connectivity index (χ1v) is 8.97. The molecule has 3 rings (SSSR count). The molecule has 0 aliphatic heterocycles. The third kappa shape index (κ3) is 4.12. The maximum absolute atomic E-state index is 13.9. The van der Waals surface area contributed by atoms with Crippen molar-refractivity contribution in [2.24, 2.45) is 0 Å². The summed E-state index contributed by atoms with van der Waals surface area (Å²) in [6, 6.07) is 12.6. The van der Waals surface area contributed by atoms with Crippen LogP contribution in [0.25, 0.3) is 0 Å². The summed E-state index contributed by atoms with van der Waals surface area (Å²) in [7, 11) is 0. The zero-order chi connectivity index (χ0) is 17.8. The third-order valence-electron chi connectivity index (χ3n) is 3.38. The molecule has 0 atom stereocenters. The molecule has 126 valence electrons. The molecule has 7 heteroatoms. The molecule has 0 saturated carbocycles. The lowest BCUT2D eigenvalue weighted by atomic mass is 10.1. The average molecular weight is 419 g/mol. The van der Waals surface area contributed by atoms with Crippen LogP contribution in [0.3, 0.4) is 0 Å². The number of nitrogens with one attached hydrogen (secondary N) is 2. The van der Waals surface area contributed by atoms with Crippen LogP contribution < -0.4 is 10.6 Å². The Balaban J connectivity index is 1.82. The maximum Gasteiger partial charge on any atom is 0.257 e. The van der Waals surface area contributed by atoms with E-state index in [0.29, 0.717) is 15.7 Å². The van der Waals surface area contributed by atoms with E-state index in [1.165, 1.54) is 23.5 Å². The quantitative estimate of drug-likeness (QED) is 0.614.